The minimum atomic E-state index is -0.782. The number of allylic oxidation sites excluding steroid dienone is 2. The van der Waals surface area contributed by atoms with Gasteiger partial charge in [-0.05, 0) is 51.4 Å². The van der Waals surface area contributed by atoms with Crippen LogP contribution in [0, 0.1) is 0 Å². The molecule has 0 saturated carbocycles. The first kappa shape index (κ1) is 59.6. The van der Waals surface area contributed by atoms with Crippen molar-refractivity contribution in [2.24, 2.45) is 0 Å². The van der Waals surface area contributed by atoms with Gasteiger partial charge >= 0.3 is 5.97 Å². The molecule has 0 spiro atoms. The van der Waals surface area contributed by atoms with E-state index in [1.807, 2.05) is 0 Å². The summed E-state index contributed by atoms with van der Waals surface area (Å²) in [5.41, 5.74) is 0. The second kappa shape index (κ2) is 49.6. The van der Waals surface area contributed by atoms with E-state index in [0.717, 1.165) is 44.9 Å². The summed E-state index contributed by atoms with van der Waals surface area (Å²) in [4.78, 5) is 26.2. The van der Waals surface area contributed by atoms with E-state index in [1.165, 1.54) is 212 Å². The first-order valence-electron chi connectivity index (χ1n) is 27.4. The van der Waals surface area contributed by atoms with E-state index in [-0.39, 0.29) is 24.9 Å². The van der Waals surface area contributed by atoms with Crippen molar-refractivity contribution in [3.05, 3.63) is 12.2 Å². The van der Waals surface area contributed by atoms with Gasteiger partial charge in [0.2, 0.25) is 5.91 Å². The lowest BCUT2D eigenvalue weighted by Crippen LogP contribution is -2.46. The van der Waals surface area contributed by atoms with Crippen molar-refractivity contribution in [3.63, 3.8) is 0 Å². The highest BCUT2D eigenvalue weighted by Crippen LogP contribution is 2.19. The lowest BCUT2D eigenvalue weighted by atomic mass is 10.0. The van der Waals surface area contributed by atoms with E-state index in [4.69, 9.17) is 4.74 Å². The molecule has 0 aliphatic rings. The maximum Gasteiger partial charge on any atom is 0.306 e. The van der Waals surface area contributed by atoms with Gasteiger partial charge in [0, 0.05) is 6.42 Å². The Hall–Kier alpha value is -1.40. The highest BCUT2D eigenvalue weighted by molar-refractivity contribution is 5.77. The van der Waals surface area contributed by atoms with Crippen molar-refractivity contribution in [2.45, 2.75) is 322 Å². The molecular weight excluding hydrogens is 755 g/mol. The van der Waals surface area contributed by atoms with Crippen molar-refractivity contribution in [1.82, 2.24) is 5.32 Å². The second-order valence-electron chi connectivity index (χ2n) is 19.0. The number of hydrogen-bond donors (Lipinski definition) is 3. The van der Waals surface area contributed by atoms with Gasteiger partial charge in [-0.25, -0.2) is 0 Å². The number of rotatable bonds is 50. The van der Waals surface area contributed by atoms with Crippen LogP contribution in [-0.4, -0.2) is 46.9 Å². The van der Waals surface area contributed by atoms with Gasteiger partial charge in [-0.1, -0.05) is 251 Å². The molecule has 0 bridgehead atoms. The molecule has 6 nitrogen and oxygen atoms in total. The molecule has 0 heterocycles. The Bertz CT molecular complexity index is 924. The number of carbonyl (C=O) groups is 2. The van der Waals surface area contributed by atoms with E-state index in [0.29, 0.717) is 19.3 Å². The number of aliphatic hydroxyl groups excluding tert-OH is 2. The van der Waals surface area contributed by atoms with Crippen molar-refractivity contribution in [3.8, 4) is 0 Å². The molecule has 0 saturated heterocycles. The maximum absolute atomic E-state index is 13.2. The Labute approximate surface area is 380 Å². The van der Waals surface area contributed by atoms with Gasteiger partial charge in [0.15, 0.2) is 0 Å². The lowest BCUT2D eigenvalue weighted by Gasteiger charge is -2.24. The molecule has 6 heteroatoms. The van der Waals surface area contributed by atoms with Crippen LogP contribution in [0.1, 0.15) is 303 Å². The highest BCUT2D eigenvalue weighted by atomic mass is 16.5. The molecule has 0 aromatic rings. The molecule has 0 radical (unpaired) electrons. The molecule has 0 aromatic heterocycles. The van der Waals surface area contributed by atoms with Crippen LogP contribution in [0.2, 0.25) is 0 Å². The van der Waals surface area contributed by atoms with Crippen LogP contribution in [0.4, 0.5) is 0 Å². The van der Waals surface area contributed by atoms with Crippen molar-refractivity contribution in [2.75, 3.05) is 6.61 Å². The van der Waals surface area contributed by atoms with Crippen LogP contribution in [0.5, 0.6) is 0 Å². The third-order valence-electron chi connectivity index (χ3n) is 12.8. The van der Waals surface area contributed by atoms with Crippen LogP contribution in [0.15, 0.2) is 12.2 Å². The fourth-order valence-corrected chi connectivity index (χ4v) is 8.66. The molecule has 3 N–H and O–H groups in total. The van der Waals surface area contributed by atoms with Crippen LogP contribution >= 0.6 is 0 Å². The molecule has 362 valence electrons. The van der Waals surface area contributed by atoms with Gasteiger partial charge in [0.1, 0.15) is 6.10 Å². The summed E-state index contributed by atoms with van der Waals surface area (Å²) in [5, 5.41) is 23.8. The van der Waals surface area contributed by atoms with Gasteiger partial charge in [-0.3, -0.25) is 9.59 Å². The zero-order valence-electron chi connectivity index (χ0n) is 41.3. The molecule has 0 aromatic carbocycles. The Morgan fingerprint density at radius 2 is 0.787 bits per heavy atom. The van der Waals surface area contributed by atoms with E-state index >= 15 is 0 Å². The Morgan fingerprint density at radius 1 is 0.459 bits per heavy atom. The lowest BCUT2D eigenvalue weighted by molar-refractivity contribution is -0.151. The van der Waals surface area contributed by atoms with Crippen molar-refractivity contribution >= 4 is 11.9 Å². The minimum absolute atomic E-state index is 0.0831. The zero-order chi connectivity index (χ0) is 44.5. The normalized spacial score (nSPS) is 13.2. The first-order valence-corrected chi connectivity index (χ1v) is 27.4. The summed E-state index contributed by atoms with van der Waals surface area (Å²) in [7, 11) is 0. The molecular formula is C55H107NO5. The summed E-state index contributed by atoms with van der Waals surface area (Å²) in [5.74, 6) is -0.460. The van der Waals surface area contributed by atoms with E-state index < -0.39 is 18.2 Å². The Kier molecular flexibility index (Phi) is 48.5. The molecule has 1 amide bonds. The monoisotopic (exact) mass is 862 g/mol. The van der Waals surface area contributed by atoms with Crippen LogP contribution in [0.3, 0.4) is 0 Å². The molecule has 0 aliphatic heterocycles. The second-order valence-corrected chi connectivity index (χ2v) is 19.0. The summed E-state index contributed by atoms with van der Waals surface area (Å²) >= 11 is 0. The Morgan fingerprint density at radius 3 is 1.16 bits per heavy atom. The number of esters is 1. The third-order valence-corrected chi connectivity index (χ3v) is 12.8. The maximum atomic E-state index is 13.2. The fraction of sp³-hybridized carbons (Fsp3) is 0.927. The van der Waals surface area contributed by atoms with Gasteiger partial charge in [-0.15, -0.1) is 0 Å². The smallest absolute Gasteiger partial charge is 0.306 e. The fourth-order valence-electron chi connectivity index (χ4n) is 8.66. The standard InChI is InChI=1S/C55H107NO5/c1-4-7-10-13-16-19-22-24-26-27-28-30-33-36-39-42-45-48-55(60)61-51(46-43-40-37-34-31-21-18-15-12-9-6-3)49-54(59)56-52(50-57)53(58)47-44-41-38-35-32-29-25-23-20-17-14-11-8-5-2/h24,26,51-53,57-58H,4-23,25,27-50H2,1-3H3,(H,56,59)/b26-24+. The predicted molar refractivity (Wildman–Crippen MR) is 264 cm³/mol. The van der Waals surface area contributed by atoms with Gasteiger partial charge in [0.25, 0.3) is 0 Å². The quantitative estimate of drug-likeness (QED) is 0.0322. The first-order chi connectivity index (χ1) is 30.0. The van der Waals surface area contributed by atoms with Gasteiger partial charge < -0.3 is 20.3 Å². The number of nitrogens with one attached hydrogen (secondary N) is 1. The molecule has 61 heavy (non-hydrogen) atoms. The predicted octanol–water partition coefficient (Wildman–Crippen LogP) is 16.5. The summed E-state index contributed by atoms with van der Waals surface area (Å²) in [6.45, 7) is 6.50. The average molecular weight is 862 g/mol. The molecule has 0 fully saturated rings. The molecule has 0 rings (SSSR count). The largest absolute Gasteiger partial charge is 0.462 e. The number of unbranched alkanes of at least 4 members (excludes halogenated alkanes) is 36. The SMILES string of the molecule is CCCCCCCC/C=C/CCCCCCCCCC(=O)OC(CCCCCCCCCCCCC)CC(=O)NC(CO)C(O)CCCCCCCCCCCCCCCC. The molecule has 3 atom stereocenters. The van der Waals surface area contributed by atoms with Crippen LogP contribution in [-0.2, 0) is 14.3 Å². The number of aliphatic hydroxyl groups is 2. The number of hydrogen-bond acceptors (Lipinski definition) is 5. The van der Waals surface area contributed by atoms with E-state index in [1.54, 1.807) is 0 Å². The van der Waals surface area contributed by atoms with E-state index in [9.17, 15) is 19.8 Å². The number of ether oxygens (including phenoxy) is 1. The topological polar surface area (TPSA) is 95.9 Å². The van der Waals surface area contributed by atoms with Crippen molar-refractivity contribution in [1.29, 1.82) is 0 Å². The van der Waals surface area contributed by atoms with E-state index in [2.05, 4.69) is 38.2 Å². The van der Waals surface area contributed by atoms with Crippen molar-refractivity contribution < 1.29 is 24.5 Å². The average Bonchev–Trinajstić information content (AvgIpc) is 3.25. The number of carbonyl (C=O) groups excluding carboxylic acids is 2. The van der Waals surface area contributed by atoms with Crippen LogP contribution in [0.25, 0.3) is 0 Å². The summed E-state index contributed by atoms with van der Waals surface area (Å²) in [6.07, 6.45) is 55.6. The zero-order valence-corrected chi connectivity index (χ0v) is 41.3. The summed E-state index contributed by atoms with van der Waals surface area (Å²) in [6, 6.07) is -0.695. The third kappa shape index (κ3) is 45.0. The highest BCUT2D eigenvalue weighted by Gasteiger charge is 2.24. The Balaban J connectivity index is 4.46. The minimum Gasteiger partial charge on any atom is -0.462 e. The molecule has 0 aliphatic carbocycles. The van der Waals surface area contributed by atoms with Gasteiger partial charge in [-0.2, -0.15) is 0 Å². The summed E-state index contributed by atoms with van der Waals surface area (Å²) < 4.78 is 5.94. The van der Waals surface area contributed by atoms with Crippen LogP contribution < -0.4 is 5.32 Å². The van der Waals surface area contributed by atoms with Gasteiger partial charge in [0.05, 0.1) is 25.2 Å². The number of amides is 1. The molecule has 3 unspecified atom stereocenters.